The maximum absolute atomic E-state index is 12.2. The number of halogens is 1. The van der Waals surface area contributed by atoms with Gasteiger partial charge in [0, 0.05) is 15.6 Å². The number of benzene rings is 3. The zero-order valence-corrected chi connectivity index (χ0v) is 19.4. The zero-order valence-electron chi connectivity index (χ0n) is 17.9. The highest BCUT2D eigenvalue weighted by Gasteiger charge is 2.14. The fraction of sp³-hybridized carbons (Fsp3) is 0.167. The molecular formula is C24H23ClN2O4S. The second-order valence-electron chi connectivity index (χ2n) is 7.14. The number of anilines is 1. The van der Waals surface area contributed by atoms with Crippen molar-refractivity contribution >= 4 is 41.1 Å². The molecule has 0 aliphatic heterocycles. The third kappa shape index (κ3) is 5.75. The molecule has 0 bridgehead atoms. The van der Waals surface area contributed by atoms with Crippen molar-refractivity contribution in [2.75, 3.05) is 18.4 Å². The molecule has 0 spiro atoms. The molecule has 8 heteroatoms. The number of hydrogen-bond donors (Lipinski definition) is 3. The van der Waals surface area contributed by atoms with Crippen molar-refractivity contribution in [2.45, 2.75) is 18.7 Å². The van der Waals surface area contributed by atoms with Gasteiger partial charge in [-0.15, -0.1) is 0 Å². The van der Waals surface area contributed by atoms with E-state index >= 15 is 0 Å². The number of nitrogens with one attached hydrogen (secondary N) is 2. The van der Waals surface area contributed by atoms with Crippen LogP contribution in [-0.4, -0.2) is 30.6 Å². The SMILES string of the molecule is COc1cc(-c2cccc(NSc3cc(C)c(Cl)cc3C)c2)ccc1C(=O)NCC(=O)O. The van der Waals surface area contributed by atoms with Gasteiger partial charge in [-0.25, -0.2) is 0 Å². The van der Waals surface area contributed by atoms with Crippen LogP contribution in [0.2, 0.25) is 5.02 Å². The second-order valence-corrected chi connectivity index (χ2v) is 8.40. The number of aliphatic carboxylic acids is 1. The monoisotopic (exact) mass is 470 g/mol. The maximum Gasteiger partial charge on any atom is 0.322 e. The van der Waals surface area contributed by atoms with Crippen LogP contribution in [0.15, 0.2) is 59.5 Å². The van der Waals surface area contributed by atoms with Crippen LogP contribution in [0.4, 0.5) is 5.69 Å². The average molecular weight is 471 g/mol. The molecule has 6 nitrogen and oxygen atoms in total. The zero-order chi connectivity index (χ0) is 23.3. The molecule has 0 aliphatic carbocycles. The molecule has 0 aromatic heterocycles. The number of rotatable bonds is 8. The maximum atomic E-state index is 12.2. The van der Waals surface area contributed by atoms with Gasteiger partial charge in [-0.3, -0.25) is 9.59 Å². The van der Waals surface area contributed by atoms with Crippen molar-refractivity contribution in [2.24, 2.45) is 0 Å². The van der Waals surface area contributed by atoms with Crippen molar-refractivity contribution < 1.29 is 19.4 Å². The minimum atomic E-state index is -1.11. The van der Waals surface area contributed by atoms with Crippen molar-refractivity contribution in [3.63, 3.8) is 0 Å². The Morgan fingerprint density at radius 3 is 2.50 bits per heavy atom. The van der Waals surface area contributed by atoms with E-state index in [0.717, 1.165) is 37.9 Å². The fourth-order valence-electron chi connectivity index (χ4n) is 3.05. The Bertz CT molecular complexity index is 1170. The van der Waals surface area contributed by atoms with Crippen LogP contribution in [0.1, 0.15) is 21.5 Å². The minimum Gasteiger partial charge on any atom is -0.496 e. The van der Waals surface area contributed by atoms with Gasteiger partial charge in [-0.2, -0.15) is 0 Å². The summed E-state index contributed by atoms with van der Waals surface area (Å²) >= 11 is 7.70. The topological polar surface area (TPSA) is 87.7 Å². The largest absolute Gasteiger partial charge is 0.496 e. The van der Waals surface area contributed by atoms with E-state index in [9.17, 15) is 9.59 Å². The summed E-state index contributed by atoms with van der Waals surface area (Å²) in [5.74, 6) is -1.25. The van der Waals surface area contributed by atoms with Gasteiger partial charge >= 0.3 is 5.97 Å². The molecule has 1 amide bonds. The highest BCUT2D eigenvalue weighted by atomic mass is 35.5. The first-order chi connectivity index (χ1) is 15.3. The number of carboxylic acid groups (broad SMARTS) is 1. The van der Waals surface area contributed by atoms with Crippen LogP contribution >= 0.6 is 23.5 Å². The smallest absolute Gasteiger partial charge is 0.322 e. The summed E-state index contributed by atoms with van der Waals surface area (Å²) in [5.41, 5.74) is 5.11. The molecule has 0 heterocycles. The Morgan fingerprint density at radius 1 is 1.03 bits per heavy atom. The summed E-state index contributed by atoms with van der Waals surface area (Å²) in [5, 5.41) is 11.9. The quantitative estimate of drug-likeness (QED) is 0.373. The fourth-order valence-corrected chi connectivity index (χ4v) is 4.08. The Hall–Kier alpha value is -3.16. The van der Waals surface area contributed by atoms with Gasteiger partial charge < -0.3 is 19.9 Å². The molecule has 0 fully saturated rings. The molecule has 0 saturated carbocycles. The minimum absolute atomic E-state index is 0.274. The molecule has 3 aromatic rings. The number of carbonyl (C=O) groups excluding carboxylic acids is 1. The molecule has 32 heavy (non-hydrogen) atoms. The molecule has 3 aromatic carbocycles. The second kappa shape index (κ2) is 10.4. The Morgan fingerprint density at radius 2 is 1.78 bits per heavy atom. The summed E-state index contributed by atoms with van der Waals surface area (Å²) in [6.45, 7) is 3.54. The normalized spacial score (nSPS) is 10.5. The summed E-state index contributed by atoms with van der Waals surface area (Å²) in [4.78, 5) is 24.0. The molecule has 0 radical (unpaired) electrons. The van der Waals surface area contributed by atoms with Gasteiger partial charge in [0.05, 0.1) is 12.7 Å². The molecule has 0 aliphatic rings. The van der Waals surface area contributed by atoms with Crippen LogP contribution in [0, 0.1) is 13.8 Å². The lowest BCUT2D eigenvalue weighted by Crippen LogP contribution is -2.29. The number of ether oxygens (including phenoxy) is 1. The van der Waals surface area contributed by atoms with Crippen molar-refractivity contribution in [3.8, 4) is 16.9 Å². The molecule has 3 rings (SSSR count). The van der Waals surface area contributed by atoms with Gasteiger partial charge in [-0.1, -0.05) is 29.8 Å². The van der Waals surface area contributed by atoms with Crippen LogP contribution in [0.25, 0.3) is 11.1 Å². The average Bonchev–Trinajstić information content (AvgIpc) is 2.78. The van der Waals surface area contributed by atoms with Crippen molar-refractivity contribution in [1.29, 1.82) is 0 Å². The van der Waals surface area contributed by atoms with E-state index in [-0.39, 0.29) is 5.56 Å². The predicted molar refractivity (Wildman–Crippen MR) is 129 cm³/mol. The van der Waals surface area contributed by atoms with Crippen molar-refractivity contribution in [3.05, 3.63) is 76.3 Å². The third-order valence-electron chi connectivity index (χ3n) is 4.78. The van der Waals surface area contributed by atoms with E-state index in [1.165, 1.54) is 19.1 Å². The van der Waals surface area contributed by atoms with Crippen LogP contribution in [-0.2, 0) is 4.79 Å². The summed E-state index contributed by atoms with van der Waals surface area (Å²) < 4.78 is 8.73. The van der Waals surface area contributed by atoms with Gasteiger partial charge in [-0.05, 0) is 84.4 Å². The predicted octanol–water partition coefficient (Wildman–Crippen LogP) is 5.57. The van der Waals surface area contributed by atoms with E-state index in [0.29, 0.717) is 5.75 Å². The van der Waals surface area contributed by atoms with Crippen LogP contribution in [0.3, 0.4) is 0 Å². The molecule has 3 N–H and O–H groups in total. The van der Waals surface area contributed by atoms with E-state index in [1.807, 2.05) is 44.2 Å². The molecule has 0 unspecified atom stereocenters. The van der Waals surface area contributed by atoms with Gasteiger partial charge in [0.1, 0.15) is 12.3 Å². The first-order valence-corrected chi connectivity index (χ1v) is 11.0. The number of aryl methyl sites for hydroxylation is 2. The molecule has 166 valence electrons. The van der Waals surface area contributed by atoms with E-state index in [4.69, 9.17) is 21.4 Å². The van der Waals surface area contributed by atoms with Crippen LogP contribution < -0.4 is 14.8 Å². The molecule has 0 saturated heterocycles. The van der Waals surface area contributed by atoms with Crippen LogP contribution in [0.5, 0.6) is 5.75 Å². The molecular weight excluding hydrogens is 448 g/mol. The first kappa shape index (κ1) is 23.5. The lowest BCUT2D eigenvalue weighted by molar-refractivity contribution is -0.135. The summed E-state index contributed by atoms with van der Waals surface area (Å²) in [6, 6.07) is 17.1. The highest BCUT2D eigenvalue weighted by Crippen LogP contribution is 2.32. The van der Waals surface area contributed by atoms with E-state index < -0.39 is 18.4 Å². The third-order valence-corrected chi connectivity index (χ3v) is 6.18. The van der Waals surface area contributed by atoms with E-state index in [1.54, 1.807) is 18.2 Å². The Labute approximate surface area is 196 Å². The van der Waals surface area contributed by atoms with Gasteiger partial charge in [0.15, 0.2) is 0 Å². The Kier molecular flexibility index (Phi) is 7.66. The Balaban J connectivity index is 1.79. The summed E-state index contributed by atoms with van der Waals surface area (Å²) in [6.07, 6.45) is 0. The van der Waals surface area contributed by atoms with Gasteiger partial charge in [0.2, 0.25) is 0 Å². The van der Waals surface area contributed by atoms with Crippen molar-refractivity contribution in [1.82, 2.24) is 5.32 Å². The summed E-state index contributed by atoms with van der Waals surface area (Å²) in [7, 11) is 1.47. The number of carboxylic acids is 1. The number of methoxy groups -OCH3 is 1. The van der Waals surface area contributed by atoms with E-state index in [2.05, 4.69) is 16.1 Å². The lowest BCUT2D eigenvalue weighted by Gasteiger charge is -2.13. The number of carbonyl (C=O) groups is 2. The number of amides is 1. The molecule has 0 atom stereocenters. The number of hydrogen-bond acceptors (Lipinski definition) is 5. The highest BCUT2D eigenvalue weighted by molar-refractivity contribution is 8.00. The van der Waals surface area contributed by atoms with Gasteiger partial charge in [0.25, 0.3) is 5.91 Å². The lowest BCUT2D eigenvalue weighted by atomic mass is 10.0. The standard InChI is InChI=1S/C24H23ClN2O4S/c1-14-10-22(15(2)9-20(14)25)32-27-18-6-4-5-16(11-18)17-7-8-19(21(12-17)31-3)24(30)26-13-23(28)29/h4-12,27H,13H2,1-3H3,(H,26,30)(H,28,29). The first-order valence-electron chi connectivity index (χ1n) is 9.76.